The van der Waals surface area contributed by atoms with Crippen molar-refractivity contribution in [2.45, 2.75) is 26.9 Å². The molecule has 0 N–H and O–H groups in total. The number of ether oxygens (including phenoxy) is 2. The van der Waals surface area contributed by atoms with E-state index in [4.69, 9.17) is 13.9 Å². The zero-order valence-electron chi connectivity index (χ0n) is 16.1. The zero-order valence-corrected chi connectivity index (χ0v) is 16.1. The Hall–Kier alpha value is -3.75. The van der Waals surface area contributed by atoms with Crippen molar-refractivity contribution in [1.82, 2.24) is 10.2 Å². The summed E-state index contributed by atoms with van der Waals surface area (Å²) in [7, 11) is 0. The van der Waals surface area contributed by atoms with Crippen LogP contribution in [0.1, 0.15) is 30.0 Å². The van der Waals surface area contributed by atoms with Gasteiger partial charge in [-0.15, -0.1) is 10.2 Å². The third kappa shape index (κ3) is 4.95. The number of carbonyl (C=O) groups excluding carboxylic acids is 1. The molecule has 29 heavy (non-hydrogen) atoms. The van der Waals surface area contributed by atoms with Gasteiger partial charge in [-0.05, 0) is 44.5 Å². The van der Waals surface area contributed by atoms with Crippen molar-refractivity contribution in [3.8, 4) is 17.2 Å². The van der Waals surface area contributed by atoms with E-state index < -0.39 is 17.0 Å². The Labute approximate surface area is 166 Å². The molecule has 1 heterocycles. The van der Waals surface area contributed by atoms with Crippen molar-refractivity contribution in [2.24, 2.45) is 0 Å². The number of aromatic nitrogens is 2. The van der Waals surface area contributed by atoms with Crippen LogP contribution < -0.4 is 4.74 Å². The second kappa shape index (κ2) is 8.51. The molecule has 9 nitrogen and oxygen atoms in total. The number of benzene rings is 2. The number of esters is 1. The Balaban J connectivity index is 1.58. The fourth-order valence-electron chi connectivity index (χ4n) is 2.62. The van der Waals surface area contributed by atoms with E-state index in [0.717, 1.165) is 11.1 Å². The SMILES string of the molecule is Cc1ccc(OCC(=O)O[C@H](C)c2nnc(-c3ccc([N+](=O)[O-])cc3)o2)c(C)c1. The van der Waals surface area contributed by atoms with Gasteiger partial charge in [0.15, 0.2) is 12.7 Å². The third-order valence-electron chi connectivity index (χ3n) is 4.10. The quantitative estimate of drug-likeness (QED) is 0.334. The lowest BCUT2D eigenvalue weighted by atomic mass is 10.1. The van der Waals surface area contributed by atoms with E-state index in [0.29, 0.717) is 11.3 Å². The van der Waals surface area contributed by atoms with Crippen LogP contribution >= 0.6 is 0 Å². The average Bonchev–Trinajstić information content (AvgIpc) is 3.18. The number of nitro benzene ring substituents is 1. The van der Waals surface area contributed by atoms with E-state index in [1.54, 1.807) is 13.0 Å². The van der Waals surface area contributed by atoms with Gasteiger partial charge < -0.3 is 13.9 Å². The van der Waals surface area contributed by atoms with Gasteiger partial charge in [-0.25, -0.2) is 4.79 Å². The van der Waals surface area contributed by atoms with Gasteiger partial charge in [-0.2, -0.15) is 0 Å². The Kier molecular flexibility index (Phi) is 5.87. The molecular formula is C20H19N3O6. The van der Waals surface area contributed by atoms with Gasteiger partial charge in [0.1, 0.15) is 5.75 Å². The molecule has 9 heteroatoms. The van der Waals surface area contributed by atoms with Crippen molar-refractivity contribution in [3.05, 3.63) is 69.6 Å². The molecule has 0 fully saturated rings. The van der Waals surface area contributed by atoms with Gasteiger partial charge in [-0.3, -0.25) is 10.1 Å². The van der Waals surface area contributed by atoms with E-state index >= 15 is 0 Å². The first kappa shape index (κ1) is 20.0. The molecule has 0 unspecified atom stereocenters. The van der Waals surface area contributed by atoms with Crippen LogP contribution in [0.25, 0.3) is 11.5 Å². The molecule has 1 aromatic heterocycles. The molecule has 0 spiro atoms. The smallest absolute Gasteiger partial charge is 0.344 e. The molecule has 0 amide bonds. The Morgan fingerprint density at radius 1 is 1.17 bits per heavy atom. The molecule has 1 atom stereocenters. The predicted octanol–water partition coefficient (Wildman–Crippen LogP) is 3.94. The first-order valence-corrected chi connectivity index (χ1v) is 8.81. The highest BCUT2D eigenvalue weighted by atomic mass is 16.6. The maximum atomic E-state index is 12.1. The number of hydrogen-bond acceptors (Lipinski definition) is 8. The second-order valence-corrected chi connectivity index (χ2v) is 6.44. The van der Waals surface area contributed by atoms with Gasteiger partial charge in [0.05, 0.1) is 4.92 Å². The molecule has 150 valence electrons. The lowest BCUT2D eigenvalue weighted by Crippen LogP contribution is -2.17. The fourth-order valence-corrected chi connectivity index (χ4v) is 2.62. The van der Waals surface area contributed by atoms with Crippen molar-refractivity contribution in [1.29, 1.82) is 0 Å². The maximum Gasteiger partial charge on any atom is 0.344 e. The summed E-state index contributed by atoms with van der Waals surface area (Å²) in [5, 5.41) is 18.5. The third-order valence-corrected chi connectivity index (χ3v) is 4.10. The minimum atomic E-state index is -0.774. The summed E-state index contributed by atoms with van der Waals surface area (Å²) in [4.78, 5) is 22.3. The molecular weight excluding hydrogens is 378 g/mol. The van der Waals surface area contributed by atoms with Crippen LogP contribution in [0.15, 0.2) is 46.9 Å². The summed E-state index contributed by atoms with van der Waals surface area (Å²) in [6, 6.07) is 11.3. The van der Waals surface area contributed by atoms with Gasteiger partial charge >= 0.3 is 5.97 Å². The van der Waals surface area contributed by atoms with Gasteiger partial charge in [0.25, 0.3) is 11.6 Å². The van der Waals surface area contributed by atoms with E-state index in [9.17, 15) is 14.9 Å². The average molecular weight is 397 g/mol. The van der Waals surface area contributed by atoms with Crippen LogP contribution in [-0.2, 0) is 9.53 Å². The standard InChI is InChI=1S/C20H19N3O6/c1-12-4-9-17(13(2)10-12)27-11-18(24)28-14(3)19-21-22-20(29-19)15-5-7-16(8-6-15)23(25)26/h4-10,14H,11H2,1-3H3/t14-/m1/s1. The largest absolute Gasteiger partial charge is 0.482 e. The van der Waals surface area contributed by atoms with Crippen LogP contribution in [0.3, 0.4) is 0 Å². The van der Waals surface area contributed by atoms with Crippen molar-refractivity contribution in [2.75, 3.05) is 6.61 Å². The summed E-state index contributed by atoms with van der Waals surface area (Å²) in [6.07, 6.45) is -0.774. The summed E-state index contributed by atoms with van der Waals surface area (Å²) >= 11 is 0. The highest BCUT2D eigenvalue weighted by Crippen LogP contribution is 2.24. The lowest BCUT2D eigenvalue weighted by molar-refractivity contribution is -0.384. The van der Waals surface area contributed by atoms with E-state index in [1.165, 1.54) is 24.3 Å². The zero-order chi connectivity index (χ0) is 21.0. The predicted molar refractivity (Wildman–Crippen MR) is 102 cm³/mol. The van der Waals surface area contributed by atoms with Crippen LogP contribution in [0.2, 0.25) is 0 Å². The summed E-state index contributed by atoms with van der Waals surface area (Å²) in [6.45, 7) is 5.22. The number of nitrogens with zero attached hydrogens (tertiary/aromatic N) is 3. The van der Waals surface area contributed by atoms with Gasteiger partial charge in [0, 0.05) is 17.7 Å². The molecule has 0 aliphatic heterocycles. The fraction of sp³-hybridized carbons (Fsp3) is 0.250. The highest BCUT2D eigenvalue weighted by molar-refractivity contribution is 5.71. The molecule has 2 aromatic carbocycles. The van der Waals surface area contributed by atoms with E-state index in [-0.39, 0.29) is 24.1 Å². The minimum Gasteiger partial charge on any atom is -0.482 e. The molecule has 0 bridgehead atoms. The highest BCUT2D eigenvalue weighted by Gasteiger charge is 2.20. The molecule has 3 rings (SSSR count). The Morgan fingerprint density at radius 2 is 1.90 bits per heavy atom. The number of aryl methyl sites for hydroxylation is 2. The number of carbonyl (C=O) groups is 1. The monoisotopic (exact) mass is 397 g/mol. The van der Waals surface area contributed by atoms with Crippen LogP contribution in [0, 0.1) is 24.0 Å². The number of nitro groups is 1. The number of rotatable bonds is 7. The Bertz CT molecular complexity index is 1030. The molecule has 0 aliphatic carbocycles. The first-order chi connectivity index (χ1) is 13.8. The second-order valence-electron chi connectivity index (χ2n) is 6.44. The van der Waals surface area contributed by atoms with Crippen LogP contribution in [-0.4, -0.2) is 27.7 Å². The normalized spacial score (nSPS) is 11.7. The van der Waals surface area contributed by atoms with Crippen molar-refractivity contribution < 1.29 is 23.6 Å². The van der Waals surface area contributed by atoms with Crippen LogP contribution in [0.5, 0.6) is 5.75 Å². The molecule has 0 saturated carbocycles. The molecule has 3 aromatic rings. The summed E-state index contributed by atoms with van der Waals surface area (Å²) in [5.74, 6) is 0.313. The number of non-ortho nitro benzene ring substituents is 1. The van der Waals surface area contributed by atoms with Crippen molar-refractivity contribution >= 4 is 11.7 Å². The first-order valence-electron chi connectivity index (χ1n) is 8.81. The van der Waals surface area contributed by atoms with Crippen molar-refractivity contribution in [3.63, 3.8) is 0 Å². The molecule has 0 saturated heterocycles. The van der Waals surface area contributed by atoms with Crippen LogP contribution in [0.4, 0.5) is 5.69 Å². The van der Waals surface area contributed by atoms with E-state index in [1.807, 2.05) is 26.0 Å². The van der Waals surface area contributed by atoms with E-state index in [2.05, 4.69) is 10.2 Å². The Morgan fingerprint density at radius 3 is 2.55 bits per heavy atom. The minimum absolute atomic E-state index is 0.0420. The van der Waals surface area contributed by atoms with Gasteiger partial charge in [-0.1, -0.05) is 17.7 Å². The molecule has 0 radical (unpaired) electrons. The number of hydrogen-bond donors (Lipinski definition) is 0. The molecule has 0 aliphatic rings. The lowest BCUT2D eigenvalue weighted by Gasteiger charge is -2.12. The topological polar surface area (TPSA) is 118 Å². The summed E-state index contributed by atoms with van der Waals surface area (Å²) in [5.41, 5.74) is 2.51. The summed E-state index contributed by atoms with van der Waals surface area (Å²) < 4.78 is 16.3. The maximum absolute atomic E-state index is 12.1. The van der Waals surface area contributed by atoms with Gasteiger partial charge in [0.2, 0.25) is 5.89 Å².